The van der Waals surface area contributed by atoms with Crippen LogP contribution in [0.1, 0.15) is 386 Å². The Bertz CT molecular complexity index is 1780. The molecule has 9 nitrogen and oxygen atoms in total. The molecule has 2 unspecified atom stereocenters. The Morgan fingerprint density at radius 1 is 0.348 bits per heavy atom. The van der Waals surface area contributed by atoms with Crippen molar-refractivity contribution in [3.05, 3.63) is 72.9 Å². The molecule has 0 amide bonds. The van der Waals surface area contributed by atoms with Gasteiger partial charge in [0.25, 0.3) is 7.82 Å². The highest BCUT2D eigenvalue weighted by molar-refractivity contribution is 7.45. The molecule has 0 aliphatic carbocycles. The minimum absolute atomic E-state index is 0.0288. The second kappa shape index (κ2) is 72.7. The number of phosphoric ester groups is 1. The minimum Gasteiger partial charge on any atom is -0.756 e. The first kappa shape index (κ1) is 89.5. The lowest BCUT2D eigenvalue weighted by atomic mass is 10.0. The number of carbonyl (C=O) groups excluding carboxylic acids is 2. The van der Waals surface area contributed by atoms with Crippen molar-refractivity contribution in [1.29, 1.82) is 0 Å². The maximum atomic E-state index is 12.9. The first-order valence-corrected chi connectivity index (χ1v) is 41.1. The van der Waals surface area contributed by atoms with E-state index in [4.69, 9.17) is 18.5 Å². The number of allylic oxidation sites excluding steroid dienone is 12. The number of quaternary nitrogens is 1. The van der Waals surface area contributed by atoms with Gasteiger partial charge < -0.3 is 27.9 Å². The summed E-state index contributed by atoms with van der Waals surface area (Å²) in [6, 6.07) is 0. The van der Waals surface area contributed by atoms with Crippen molar-refractivity contribution in [2.24, 2.45) is 0 Å². The van der Waals surface area contributed by atoms with Gasteiger partial charge in [-0.15, -0.1) is 0 Å². The highest BCUT2D eigenvalue weighted by atomic mass is 31.2. The summed E-state index contributed by atoms with van der Waals surface area (Å²) in [4.78, 5) is 38.2. The van der Waals surface area contributed by atoms with E-state index in [1.807, 2.05) is 21.1 Å². The van der Waals surface area contributed by atoms with Gasteiger partial charge in [-0.3, -0.25) is 14.2 Å². The van der Waals surface area contributed by atoms with Gasteiger partial charge in [0.15, 0.2) is 6.10 Å². The van der Waals surface area contributed by atoms with Crippen LogP contribution in [0.4, 0.5) is 0 Å². The molecule has 0 heterocycles. The molecule has 0 aliphatic rings. The fraction of sp³-hybridized carbons (Fsp3) is 0.829. The summed E-state index contributed by atoms with van der Waals surface area (Å²) in [7, 11) is 1.19. The molecule has 2 atom stereocenters. The molecule has 0 aromatic carbocycles. The van der Waals surface area contributed by atoms with Crippen LogP contribution < -0.4 is 4.89 Å². The van der Waals surface area contributed by atoms with E-state index in [-0.39, 0.29) is 32.0 Å². The summed E-state index contributed by atoms with van der Waals surface area (Å²) in [5.41, 5.74) is 0. The number of esters is 2. The smallest absolute Gasteiger partial charge is 0.306 e. The van der Waals surface area contributed by atoms with Gasteiger partial charge in [-0.05, 0) is 83.5 Å². The third-order valence-electron chi connectivity index (χ3n) is 17.7. The zero-order chi connectivity index (χ0) is 66.9. The van der Waals surface area contributed by atoms with Gasteiger partial charge >= 0.3 is 11.9 Å². The van der Waals surface area contributed by atoms with E-state index in [1.54, 1.807) is 0 Å². The van der Waals surface area contributed by atoms with Crippen LogP contribution in [0.25, 0.3) is 0 Å². The van der Waals surface area contributed by atoms with Crippen LogP contribution in [-0.2, 0) is 32.7 Å². The van der Waals surface area contributed by atoms with Crippen LogP contribution in [0, 0.1) is 0 Å². The van der Waals surface area contributed by atoms with Gasteiger partial charge in [-0.1, -0.05) is 363 Å². The molecule has 0 radical (unpaired) electrons. The molecule has 0 aliphatic heterocycles. The molecule has 0 saturated carbocycles. The molecule has 0 saturated heterocycles. The normalized spacial score (nSPS) is 13.4. The van der Waals surface area contributed by atoms with Crippen LogP contribution in [0.5, 0.6) is 0 Å². The number of nitrogens with zero attached hydrogens (tertiary/aromatic N) is 1. The first-order valence-electron chi connectivity index (χ1n) is 39.6. The largest absolute Gasteiger partial charge is 0.756 e. The predicted molar refractivity (Wildman–Crippen MR) is 397 cm³/mol. The molecule has 0 spiro atoms. The molecule has 538 valence electrons. The standard InChI is InChI=1S/C82H152NO8P/c1-6-8-10-12-14-16-18-20-22-24-26-28-30-32-34-35-36-37-38-39-40-41-42-43-44-45-46-47-49-51-53-55-57-59-61-63-65-67-69-71-73-75-82(85)91-80(79-90-92(86,87)89-77-76-83(3,4)5)78-88-81(84)74-72-70-68-66-64-62-60-58-56-54-52-50-48-33-31-29-27-25-23-21-19-17-15-13-11-9-7-2/h8,10,14,16,20,22,25-28,32,34,80H,6-7,9,11-13,15,17-19,21,23-24,29-31,33,35-79H2,1-5H3/b10-8-,16-14-,22-20-,27-25-,28-26-,34-32-. The topological polar surface area (TPSA) is 111 Å². The maximum Gasteiger partial charge on any atom is 0.306 e. The Balaban J connectivity index is 3.90. The summed E-state index contributed by atoms with van der Waals surface area (Å²) >= 11 is 0. The molecule has 0 fully saturated rings. The number of ether oxygens (including phenoxy) is 2. The lowest BCUT2D eigenvalue weighted by molar-refractivity contribution is -0.870. The minimum atomic E-state index is -4.64. The van der Waals surface area contributed by atoms with E-state index in [0.29, 0.717) is 17.4 Å². The molecule has 10 heteroatoms. The average molecular weight is 1310 g/mol. The third-order valence-corrected chi connectivity index (χ3v) is 18.7. The monoisotopic (exact) mass is 1310 g/mol. The number of likely N-dealkylation sites (N-methyl/N-ethyl adjacent to an activating group) is 1. The molecule has 0 rings (SSSR count). The van der Waals surface area contributed by atoms with Crippen LogP contribution in [0.2, 0.25) is 0 Å². The third kappa shape index (κ3) is 76.5. The number of hydrogen-bond donors (Lipinski definition) is 0. The fourth-order valence-corrected chi connectivity index (χ4v) is 12.4. The quantitative estimate of drug-likeness (QED) is 0.0195. The highest BCUT2D eigenvalue weighted by Gasteiger charge is 2.22. The van der Waals surface area contributed by atoms with Crippen molar-refractivity contribution in [3.63, 3.8) is 0 Å². The number of rotatable bonds is 74. The van der Waals surface area contributed by atoms with Crippen LogP contribution in [0.3, 0.4) is 0 Å². The molecule has 92 heavy (non-hydrogen) atoms. The first-order chi connectivity index (χ1) is 45.0. The number of phosphoric acid groups is 1. The number of carbonyl (C=O) groups is 2. The lowest BCUT2D eigenvalue weighted by Crippen LogP contribution is -2.37. The second-order valence-corrected chi connectivity index (χ2v) is 29.5. The molecular weight excluding hydrogens is 1160 g/mol. The number of hydrogen-bond acceptors (Lipinski definition) is 8. The lowest BCUT2D eigenvalue weighted by Gasteiger charge is -2.28. The van der Waals surface area contributed by atoms with Crippen molar-refractivity contribution < 1.29 is 42.1 Å². The molecule has 0 aromatic heterocycles. The van der Waals surface area contributed by atoms with Gasteiger partial charge in [0.2, 0.25) is 0 Å². The molecule has 0 bridgehead atoms. The highest BCUT2D eigenvalue weighted by Crippen LogP contribution is 2.38. The Labute approximate surface area is 571 Å². The van der Waals surface area contributed by atoms with Crippen molar-refractivity contribution in [2.45, 2.75) is 392 Å². The number of unbranched alkanes of at least 4 members (excludes halogenated alkanes) is 48. The molecular formula is C82H152NO8P. The molecule has 0 N–H and O–H groups in total. The van der Waals surface area contributed by atoms with Crippen molar-refractivity contribution in [2.75, 3.05) is 47.5 Å². The fourth-order valence-electron chi connectivity index (χ4n) is 11.7. The Hall–Kier alpha value is -2.55. The van der Waals surface area contributed by atoms with E-state index in [2.05, 4.69) is 86.8 Å². The Kier molecular flexibility index (Phi) is 70.7. The molecule has 0 aromatic rings. The van der Waals surface area contributed by atoms with Gasteiger partial charge in [0.05, 0.1) is 27.7 Å². The van der Waals surface area contributed by atoms with E-state index < -0.39 is 26.5 Å². The maximum absolute atomic E-state index is 12.9. The van der Waals surface area contributed by atoms with E-state index in [1.165, 1.54) is 289 Å². The van der Waals surface area contributed by atoms with Crippen LogP contribution >= 0.6 is 7.82 Å². The SMILES string of the molecule is CC/C=C\C/C=C\C/C=C\C/C=C\C/C=C\CCCCCCCCCCCCCCCCCCCCCCCCCCCC(=O)OC(COC(=O)CCCCCCCCCCCCCCCCC/C=C\CCCCCCCCCC)COP(=O)([O-])OCC[N+](C)(C)C. The van der Waals surface area contributed by atoms with E-state index in [9.17, 15) is 19.0 Å². The predicted octanol–water partition coefficient (Wildman–Crippen LogP) is 25.7. The van der Waals surface area contributed by atoms with Gasteiger partial charge in [-0.25, -0.2) is 0 Å². The Morgan fingerprint density at radius 3 is 0.935 bits per heavy atom. The summed E-state index contributed by atoms with van der Waals surface area (Å²) in [6.45, 7) is 4.19. The van der Waals surface area contributed by atoms with Crippen molar-refractivity contribution in [1.82, 2.24) is 0 Å². The van der Waals surface area contributed by atoms with Gasteiger partial charge in [0.1, 0.15) is 19.8 Å². The summed E-state index contributed by atoms with van der Waals surface area (Å²) in [5, 5.41) is 0. The van der Waals surface area contributed by atoms with Crippen LogP contribution in [-0.4, -0.2) is 70.0 Å². The van der Waals surface area contributed by atoms with Crippen LogP contribution in [0.15, 0.2) is 72.9 Å². The zero-order valence-electron chi connectivity index (χ0n) is 61.5. The average Bonchev–Trinajstić information content (AvgIpc) is 2.23. The van der Waals surface area contributed by atoms with E-state index in [0.717, 1.165) is 64.2 Å². The zero-order valence-corrected chi connectivity index (χ0v) is 62.4. The summed E-state index contributed by atoms with van der Waals surface area (Å²) in [6.07, 6.45) is 98.8. The second-order valence-electron chi connectivity index (χ2n) is 28.0. The summed E-state index contributed by atoms with van der Waals surface area (Å²) in [5.74, 6) is -0.812. The summed E-state index contributed by atoms with van der Waals surface area (Å²) < 4.78 is 34.4. The van der Waals surface area contributed by atoms with E-state index >= 15 is 0 Å². The van der Waals surface area contributed by atoms with Crippen molar-refractivity contribution >= 4 is 19.8 Å². The van der Waals surface area contributed by atoms with Gasteiger partial charge in [0, 0.05) is 12.8 Å². The van der Waals surface area contributed by atoms with Crippen molar-refractivity contribution in [3.8, 4) is 0 Å². The Morgan fingerprint density at radius 2 is 0.620 bits per heavy atom. The van der Waals surface area contributed by atoms with Gasteiger partial charge in [-0.2, -0.15) is 0 Å².